The first-order chi connectivity index (χ1) is 6.75. The highest BCUT2D eigenvalue weighted by Crippen LogP contribution is 2.28. The molecule has 0 saturated heterocycles. The van der Waals surface area contributed by atoms with Crippen LogP contribution in [0.5, 0.6) is 5.75 Å². The summed E-state index contributed by atoms with van der Waals surface area (Å²) in [6, 6.07) is 3.63. The third-order valence-corrected chi connectivity index (χ3v) is 1.89. The van der Waals surface area contributed by atoms with Gasteiger partial charge in [-0.25, -0.2) is 9.78 Å². The maximum absolute atomic E-state index is 10.3. The molecule has 1 saturated carbocycles. The van der Waals surface area contributed by atoms with Gasteiger partial charge in [0.05, 0.1) is 0 Å². The van der Waals surface area contributed by atoms with E-state index in [9.17, 15) is 4.79 Å². The Kier molecular flexibility index (Phi) is 2.22. The highest BCUT2D eigenvalue weighted by molar-refractivity contribution is 5.65. The van der Waals surface area contributed by atoms with E-state index in [1.165, 1.54) is 0 Å². The molecule has 2 N–H and O–H groups in total. The summed E-state index contributed by atoms with van der Waals surface area (Å²) in [6.45, 7) is 0. The van der Waals surface area contributed by atoms with Gasteiger partial charge in [-0.05, 0) is 25.0 Å². The van der Waals surface area contributed by atoms with Gasteiger partial charge in [-0.15, -0.1) is 0 Å². The van der Waals surface area contributed by atoms with Crippen LogP contribution in [0.3, 0.4) is 0 Å². The molecule has 0 radical (unpaired) electrons. The van der Waals surface area contributed by atoms with Crippen LogP contribution >= 0.6 is 0 Å². The Morgan fingerprint density at radius 2 is 2.43 bits per heavy atom. The van der Waals surface area contributed by atoms with Crippen LogP contribution in [0.2, 0.25) is 0 Å². The predicted octanol–water partition coefficient (Wildman–Crippen LogP) is 1.71. The zero-order valence-corrected chi connectivity index (χ0v) is 7.43. The summed E-state index contributed by atoms with van der Waals surface area (Å²) in [5.41, 5.74) is 0. The number of nitrogens with zero attached hydrogens (tertiary/aromatic N) is 1. The fourth-order valence-electron chi connectivity index (χ4n) is 1.10. The maximum atomic E-state index is 10.3. The topological polar surface area (TPSA) is 71.5 Å². The molecule has 0 aromatic carbocycles. The van der Waals surface area contributed by atoms with Crippen molar-refractivity contribution in [2.45, 2.75) is 18.9 Å². The zero-order chi connectivity index (χ0) is 9.97. The van der Waals surface area contributed by atoms with Gasteiger partial charge in [-0.3, -0.25) is 0 Å². The van der Waals surface area contributed by atoms with E-state index in [0.29, 0.717) is 11.9 Å². The van der Waals surface area contributed by atoms with Crippen LogP contribution in [0, 0.1) is 0 Å². The molecule has 1 aliphatic rings. The smallest absolute Gasteiger partial charge is 0.449 e. The SMILES string of the molecule is O=C(O)Oc1cccnc1NC1CC1. The van der Waals surface area contributed by atoms with Crippen molar-refractivity contribution in [3.05, 3.63) is 18.3 Å². The highest BCUT2D eigenvalue weighted by Gasteiger charge is 2.23. The van der Waals surface area contributed by atoms with Crippen LogP contribution in [0.1, 0.15) is 12.8 Å². The van der Waals surface area contributed by atoms with Gasteiger partial charge >= 0.3 is 6.16 Å². The van der Waals surface area contributed by atoms with Gasteiger partial charge in [0.25, 0.3) is 0 Å². The van der Waals surface area contributed by atoms with Gasteiger partial charge in [0.2, 0.25) is 0 Å². The molecule has 0 amide bonds. The number of anilines is 1. The molecule has 0 bridgehead atoms. The fourth-order valence-corrected chi connectivity index (χ4v) is 1.10. The molecule has 2 rings (SSSR count). The van der Waals surface area contributed by atoms with E-state index >= 15 is 0 Å². The van der Waals surface area contributed by atoms with Crippen LogP contribution in [-0.2, 0) is 0 Å². The molecule has 1 fully saturated rings. The number of aromatic nitrogens is 1. The molecular weight excluding hydrogens is 184 g/mol. The number of nitrogens with one attached hydrogen (secondary N) is 1. The van der Waals surface area contributed by atoms with Crippen molar-refractivity contribution in [2.75, 3.05) is 5.32 Å². The van der Waals surface area contributed by atoms with E-state index in [2.05, 4.69) is 15.0 Å². The van der Waals surface area contributed by atoms with Gasteiger partial charge in [0.1, 0.15) is 0 Å². The first kappa shape index (κ1) is 8.80. The summed E-state index contributed by atoms with van der Waals surface area (Å²) >= 11 is 0. The molecule has 0 spiro atoms. The minimum atomic E-state index is -1.32. The Balaban J connectivity index is 2.14. The minimum absolute atomic E-state index is 0.256. The molecule has 0 atom stereocenters. The molecule has 1 aliphatic carbocycles. The first-order valence-electron chi connectivity index (χ1n) is 4.38. The average Bonchev–Trinajstić information content (AvgIpc) is 2.91. The lowest BCUT2D eigenvalue weighted by atomic mass is 10.4. The van der Waals surface area contributed by atoms with E-state index < -0.39 is 6.16 Å². The van der Waals surface area contributed by atoms with Crippen LogP contribution < -0.4 is 10.1 Å². The summed E-state index contributed by atoms with van der Waals surface area (Å²) in [7, 11) is 0. The van der Waals surface area contributed by atoms with Crippen molar-refractivity contribution in [1.29, 1.82) is 0 Å². The zero-order valence-electron chi connectivity index (χ0n) is 7.43. The number of ether oxygens (including phenoxy) is 1. The molecule has 74 valence electrons. The second kappa shape index (κ2) is 3.53. The van der Waals surface area contributed by atoms with Gasteiger partial charge in [0, 0.05) is 12.2 Å². The second-order valence-corrected chi connectivity index (χ2v) is 3.14. The Hall–Kier alpha value is -1.78. The molecule has 1 aromatic heterocycles. The fraction of sp³-hybridized carbons (Fsp3) is 0.333. The van der Waals surface area contributed by atoms with Crippen molar-refractivity contribution in [2.24, 2.45) is 0 Å². The lowest BCUT2D eigenvalue weighted by molar-refractivity contribution is 0.144. The number of carbonyl (C=O) groups is 1. The van der Waals surface area contributed by atoms with Crippen molar-refractivity contribution in [1.82, 2.24) is 4.98 Å². The van der Waals surface area contributed by atoms with E-state index in [1.54, 1.807) is 18.3 Å². The monoisotopic (exact) mass is 194 g/mol. The molecule has 5 nitrogen and oxygen atoms in total. The summed E-state index contributed by atoms with van der Waals surface area (Å²) in [5, 5.41) is 11.6. The maximum Gasteiger partial charge on any atom is 0.511 e. The van der Waals surface area contributed by atoms with E-state index in [0.717, 1.165) is 12.8 Å². The highest BCUT2D eigenvalue weighted by atomic mass is 16.7. The van der Waals surface area contributed by atoms with Gasteiger partial charge < -0.3 is 15.2 Å². The number of carboxylic acid groups (broad SMARTS) is 1. The Morgan fingerprint density at radius 3 is 3.07 bits per heavy atom. The van der Waals surface area contributed by atoms with Crippen molar-refractivity contribution < 1.29 is 14.6 Å². The molecular formula is C9H10N2O3. The molecule has 0 unspecified atom stereocenters. The predicted molar refractivity (Wildman–Crippen MR) is 49.5 cm³/mol. The summed E-state index contributed by atoms with van der Waals surface area (Å²) < 4.78 is 4.57. The number of hydrogen-bond donors (Lipinski definition) is 2. The lowest BCUT2D eigenvalue weighted by Crippen LogP contribution is -2.09. The van der Waals surface area contributed by atoms with Gasteiger partial charge in [-0.1, -0.05) is 0 Å². The van der Waals surface area contributed by atoms with Crippen LogP contribution in [0.15, 0.2) is 18.3 Å². The van der Waals surface area contributed by atoms with Crippen molar-refractivity contribution in [3.63, 3.8) is 0 Å². The summed E-state index contributed by atoms with van der Waals surface area (Å²) in [6.07, 6.45) is 2.47. The molecule has 1 heterocycles. The van der Waals surface area contributed by atoms with E-state index in [4.69, 9.17) is 5.11 Å². The van der Waals surface area contributed by atoms with Crippen molar-refractivity contribution >= 4 is 12.0 Å². The largest absolute Gasteiger partial charge is 0.511 e. The van der Waals surface area contributed by atoms with Crippen LogP contribution in [-0.4, -0.2) is 22.3 Å². The third-order valence-electron chi connectivity index (χ3n) is 1.89. The Bertz CT molecular complexity index is 350. The summed E-state index contributed by atoms with van der Waals surface area (Å²) in [4.78, 5) is 14.4. The lowest BCUT2D eigenvalue weighted by Gasteiger charge is -2.07. The Labute approximate surface area is 80.7 Å². The van der Waals surface area contributed by atoms with Gasteiger partial charge in [-0.2, -0.15) is 0 Å². The standard InChI is InChI=1S/C9H10N2O3/c12-9(13)14-7-2-1-5-10-8(7)11-6-3-4-6/h1-2,5-6H,3-4H2,(H,10,11)(H,12,13). The normalized spacial score (nSPS) is 14.9. The summed E-state index contributed by atoms with van der Waals surface area (Å²) in [5.74, 6) is 0.754. The van der Waals surface area contributed by atoms with Gasteiger partial charge in [0.15, 0.2) is 11.6 Å². The second-order valence-electron chi connectivity index (χ2n) is 3.14. The number of pyridine rings is 1. The molecule has 1 aromatic rings. The Morgan fingerprint density at radius 1 is 1.64 bits per heavy atom. The number of rotatable bonds is 3. The van der Waals surface area contributed by atoms with E-state index in [-0.39, 0.29) is 5.75 Å². The quantitative estimate of drug-likeness (QED) is 0.717. The molecule has 14 heavy (non-hydrogen) atoms. The number of hydrogen-bond acceptors (Lipinski definition) is 4. The average molecular weight is 194 g/mol. The molecule has 5 heteroatoms. The van der Waals surface area contributed by atoms with E-state index in [1.807, 2.05) is 0 Å². The van der Waals surface area contributed by atoms with Crippen LogP contribution in [0.25, 0.3) is 0 Å². The third kappa shape index (κ3) is 2.12. The van der Waals surface area contributed by atoms with Crippen LogP contribution in [0.4, 0.5) is 10.6 Å². The first-order valence-corrected chi connectivity index (χ1v) is 4.38. The molecule has 0 aliphatic heterocycles. The van der Waals surface area contributed by atoms with Crippen molar-refractivity contribution in [3.8, 4) is 5.75 Å². The minimum Gasteiger partial charge on any atom is -0.449 e.